The number of rotatable bonds is 6. The first-order chi connectivity index (χ1) is 10.6. The Balaban J connectivity index is 2.29. The molecule has 0 fully saturated rings. The minimum absolute atomic E-state index is 0.0439. The van der Waals surface area contributed by atoms with E-state index in [2.05, 4.69) is 19.9 Å². The highest BCUT2D eigenvalue weighted by Crippen LogP contribution is 2.33. The van der Waals surface area contributed by atoms with Crippen molar-refractivity contribution in [2.45, 2.75) is 23.1 Å². The van der Waals surface area contributed by atoms with Crippen molar-refractivity contribution in [3.05, 3.63) is 11.4 Å². The Bertz CT molecular complexity index is 685. The zero-order valence-electron chi connectivity index (χ0n) is 11.7. The van der Waals surface area contributed by atoms with E-state index in [1.165, 1.54) is 0 Å². The van der Waals surface area contributed by atoms with E-state index in [9.17, 15) is 9.59 Å². The molecule has 0 saturated heterocycles. The molecule has 0 unspecified atom stereocenters. The molecule has 0 saturated carbocycles. The summed E-state index contributed by atoms with van der Waals surface area (Å²) in [6.07, 6.45) is 0. The molecule has 0 radical (unpaired) electrons. The fourth-order valence-corrected chi connectivity index (χ4v) is 3.01. The average Bonchev–Trinajstić information content (AvgIpc) is 3.08. The number of hydrogen-bond donors (Lipinski definition) is 1. The molecule has 118 valence electrons. The van der Waals surface area contributed by atoms with Crippen LogP contribution in [0.5, 0.6) is 0 Å². The molecule has 2 aromatic rings. The predicted octanol–water partition coefficient (Wildman–Crippen LogP) is 0.348. The number of nitrogens with zero attached hydrogens (tertiary/aromatic N) is 5. The van der Waals surface area contributed by atoms with E-state index in [0.717, 1.165) is 28.1 Å². The van der Waals surface area contributed by atoms with Crippen molar-refractivity contribution >= 4 is 35.2 Å². The van der Waals surface area contributed by atoms with Crippen molar-refractivity contribution in [1.29, 1.82) is 0 Å². The van der Waals surface area contributed by atoms with Gasteiger partial charge >= 0.3 is 11.9 Å². The van der Waals surface area contributed by atoms with Gasteiger partial charge in [0.15, 0.2) is 10.7 Å². The summed E-state index contributed by atoms with van der Waals surface area (Å²) in [6.45, 7) is 3.76. The Morgan fingerprint density at radius 3 is 2.45 bits per heavy atom. The first-order valence-corrected chi connectivity index (χ1v) is 7.72. The summed E-state index contributed by atoms with van der Waals surface area (Å²) in [5.74, 6) is 4.38. The first kappa shape index (κ1) is 16.2. The molecule has 22 heavy (non-hydrogen) atoms. The van der Waals surface area contributed by atoms with E-state index in [0.29, 0.717) is 4.21 Å². The molecule has 0 bridgehead atoms. The number of carbonyl (C=O) groups excluding carboxylic acids is 2. The monoisotopic (exact) mass is 344 g/mol. The predicted molar refractivity (Wildman–Crippen MR) is 76.1 cm³/mol. The van der Waals surface area contributed by atoms with Gasteiger partial charge in [-0.15, -0.1) is 10.2 Å². The smallest absolute Gasteiger partial charge is 0.361 e. The number of esters is 2. The van der Waals surface area contributed by atoms with Gasteiger partial charge in [-0.05, 0) is 30.6 Å². The SMILES string of the molecule is CCOC(=O)c1nnsc1Sc1c(C(=O)OCC)nnn1N. The number of nitrogens with two attached hydrogens (primary N) is 1. The van der Waals surface area contributed by atoms with Crippen LogP contribution in [0, 0.1) is 0 Å². The summed E-state index contributed by atoms with van der Waals surface area (Å²) in [5.41, 5.74) is 0.00502. The minimum Gasteiger partial charge on any atom is -0.461 e. The molecule has 2 rings (SSSR count). The second kappa shape index (κ2) is 7.17. The van der Waals surface area contributed by atoms with Crippen LogP contribution in [0.4, 0.5) is 0 Å². The van der Waals surface area contributed by atoms with Crippen molar-refractivity contribution in [3.63, 3.8) is 0 Å². The summed E-state index contributed by atoms with van der Waals surface area (Å²) in [7, 11) is 0. The van der Waals surface area contributed by atoms with Crippen LogP contribution in [-0.2, 0) is 9.47 Å². The van der Waals surface area contributed by atoms with Gasteiger partial charge in [0.2, 0.25) is 5.69 Å². The van der Waals surface area contributed by atoms with E-state index < -0.39 is 11.9 Å². The summed E-state index contributed by atoms with van der Waals surface area (Å²) in [4.78, 5) is 24.5. The number of ether oxygens (including phenoxy) is 2. The van der Waals surface area contributed by atoms with Crippen molar-refractivity contribution in [3.8, 4) is 0 Å². The van der Waals surface area contributed by atoms with E-state index in [4.69, 9.17) is 15.3 Å². The van der Waals surface area contributed by atoms with Crippen LogP contribution in [0.2, 0.25) is 0 Å². The largest absolute Gasteiger partial charge is 0.461 e. The Morgan fingerprint density at radius 2 is 1.82 bits per heavy atom. The van der Waals surface area contributed by atoms with Crippen LogP contribution >= 0.6 is 23.3 Å². The van der Waals surface area contributed by atoms with Crippen LogP contribution in [0.25, 0.3) is 0 Å². The summed E-state index contributed by atoms with van der Waals surface area (Å²) < 4.78 is 13.9. The number of carbonyl (C=O) groups is 2. The highest BCUT2D eigenvalue weighted by atomic mass is 32.2. The van der Waals surface area contributed by atoms with Crippen LogP contribution in [-0.4, -0.2) is 49.8 Å². The third kappa shape index (κ3) is 3.33. The van der Waals surface area contributed by atoms with Gasteiger partial charge in [0.25, 0.3) is 0 Å². The molecule has 0 aromatic carbocycles. The maximum atomic E-state index is 11.8. The molecule has 2 aromatic heterocycles. The van der Waals surface area contributed by atoms with Crippen LogP contribution in [0.1, 0.15) is 34.8 Å². The van der Waals surface area contributed by atoms with Crippen LogP contribution in [0.3, 0.4) is 0 Å². The van der Waals surface area contributed by atoms with Gasteiger partial charge in [-0.1, -0.05) is 16.3 Å². The average molecular weight is 344 g/mol. The lowest BCUT2D eigenvalue weighted by molar-refractivity contribution is 0.0506. The molecule has 0 amide bonds. The number of aromatic nitrogens is 5. The molecule has 10 nitrogen and oxygen atoms in total. The van der Waals surface area contributed by atoms with E-state index in [1.54, 1.807) is 13.8 Å². The minimum atomic E-state index is -0.656. The second-order valence-corrected chi connectivity index (χ2v) is 5.65. The molecule has 0 aliphatic heterocycles. The fourth-order valence-electron chi connectivity index (χ4n) is 1.37. The topological polar surface area (TPSA) is 135 Å². The fraction of sp³-hybridized carbons (Fsp3) is 0.400. The maximum Gasteiger partial charge on any atom is 0.361 e. The van der Waals surface area contributed by atoms with Gasteiger partial charge in [0.05, 0.1) is 13.2 Å². The molecule has 0 aliphatic rings. The molecular formula is C10H12N6O4S2. The standard InChI is InChI=1S/C10H12N6O4S2/c1-3-19-8(17)5-7(16(11)14-12-5)21-10-6(13-15-22-10)9(18)20-4-2/h3-4,11H2,1-2H3. The lowest BCUT2D eigenvalue weighted by Gasteiger charge is -2.03. The molecule has 0 spiro atoms. The zero-order chi connectivity index (χ0) is 16.1. The normalized spacial score (nSPS) is 10.5. The molecule has 0 atom stereocenters. The van der Waals surface area contributed by atoms with Gasteiger partial charge in [-0.25, -0.2) is 9.59 Å². The molecule has 2 heterocycles. The van der Waals surface area contributed by atoms with Gasteiger partial charge in [-0.2, -0.15) is 4.79 Å². The Morgan fingerprint density at radius 1 is 1.18 bits per heavy atom. The van der Waals surface area contributed by atoms with E-state index in [1.807, 2.05) is 0 Å². The van der Waals surface area contributed by atoms with E-state index >= 15 is 0 Å². The quantitative estimate of drug-likeness (QED) is 0.577. The van der Waals surface area contributed by atoms with Crippen molar-refractivity contribution in [1.82, 2.24) is 24.7 Å². The molecule has 0 aliphatic carbocycles. The van der Waals surface area contributed by atoms with Crippen molar-refractivity contribution in [2.24, 2.45) is 0 Å². The lowest BCUT2D eigenvalue weighted by atomic mass is 10.5. The van der Waals surface area contributed by atoms with Crippen LogP contribution < -0.4 is 5.84 Å². The Hall–Kier alpha value is -2.21. The Kier molecular flexibility index (Phi) is 5.27. The van der Waals surface area contributed by atoms with Gasteiger partial charge in [0.1, 0.15) is 4.21 Å². The van der Waals surface area contributed by atoms with Crippen LogP contribution in [0.15, 0.2) is 9.24 Å². The third-order valence-electron chi connectivity index (χ3n) is 2.24. The number of nitrogen functional groups attached to an aromatic ring is 1. The van der Waals surface area contributed by atoms with Gasteiger partial charge in [-0.3, -0.25) is 0 Å². The first-order valence-electron chi connectivity index (χ1n) is 6.13. The lowest BCUT2D eigenvalue weighted by Crippen LogP contribution is -2.13. The summed E-state index contributed by atoms with van der Waals surface area (Å²) >= 11 is 1.96. The summed E-state index contributed by atoms with van der Waals surface area (Å²) in [5, 5.41) is 11.2. The third-order valence-corrected chi connectivity index (χ3v) is 4.19. The van der Waals surface area contributed by atoms with Crippen molar-refractivity contribution in [2.75, 3.05) is 19.1 Å². The number of hydrogen-bond acceptors (Lipinski definition) is 11. The Labute approximate surface area is 133 Å². The van der Waals surface area contributed by atoms with Gasteiger partial charge in [0, 0.05) is 0 Å². The van der Waals surface area contributed by atoms with E-state index in [-0.39, 0.29) is 29.6 Å². The highest BCUT2D eigenvalue weighted by molar-refractivity contribution is 8.01. The van der Waals surface area contributed by atoms with Crippen molar-refractivity contribution < 1.29 is 19.1 Å². The molecule has 12 heteroatoms. The highest BCUT2D eigenvalue weighted by Gasteiger charge is 2.25. The molecule has 2 N–H and O–H groups in total. The van der Waals surface area contributed by atoms with Gasteiger partial charge < -0.3 is 15.3 Å². The maximum absolute atomic E-state index is 11.8. The summed E-state index contributed by atoms with van der Waals surface area (Å²) in [6, 6.07) is 0. The zero-order valence-corrected chi connectivity index (χ0v) is 13.3. The molecular weight excluding hydrogens is 332 g/mol. The second-order valence-electron chi connectivity index (χ2n) is 3.64.